The minimum atomic E-state index is -0.510. The van der Waals surface area contributed by atoms with Gasteiger partial charge in [-0.1, -0.05) is 43.3 Å². The number of amides is 3. The van der Waals surface area contributed by atoms with Gasteiger partial charge in [-0.2, -0.15) is 0 Å². The second-order valence-electron chi connectivity index (χ2n) is 6.78. The van der Waals surface area contributed by atoms with Crippen LogP contribution in [0.4, 0.5) is 5.69 Å². The van der Waals surface area contributed by atoms with Crippen LogP contribution in [0, 0.1) is 0 Å². The summed E-state index contributed by atoms with van der Waals surface area (Å²) in [7, 11) is 0. The lowest BCUT2D eigenvalue weighted by Crippen LogP contribution is -2.43. The van der Waals surface area contributed by atoms with Crippen LogP contribution in [-0.4, -0.2) is 24.3 Å². The maximum Gasteiger partial charge on any atom is 0.276 e. The molecule has 0 bridgehead atoms. The predicted octanol–water partition coefficient (Wildman–Crippen LogP) is 4.30. The zero-order chi connectivity index (χ0) is 22.9. The standard InChI is InChI=1S/C24H22BrN3O4/c1-2-22(29)26-19-11-8-17(9-12-19)24(31)28-27-23(30)15-32-21-13-10-18(14-20(21)25)16-6-4-3-5-7-16/h3-14H,2,15H2,1H3,(H,26,29)(H,27,30)(H,28,31). The van der Waals surface area contributed by atoms with Crippen LogP contribution in [-0.2, 0) is 9.59 Å². The summed E-state index contributed by atoms with van der Waals surface area (Å²) in [5.41, 5.74) is 7.66. The molecule has 0 aliphatic rings. The van der Waals surface area contributed by atoms with Gasteiger partial charge in [0.2, 0.25) is 5.91 Å². The SMILES string of the molecule is CCC(=O)Nc1ccc(C(=O)NNC(=O)COc2ccc(-c3ccccc3)cc2Br)cc1. The normalized spacial score (nSPS) is 10.2. The van der Waals surface area contributed by atoms with E-state index in [0.717, 1.165) is 11.1 Å². The fourth-order valence-corrected chi connectivity index (χ4v) is 3.25. The molecule has 3 N–H and O–H groups in total. The third-order valence-corrected chi connectivity index (χ3v) is 5.08. The van der Waals surface area contributed by atoms with E-state index in [4.69, 9.17) is 4.74 Å². The molecule has 0 spiro atoms. The zero-order valence-electron chi connectivity index (χ0n) is 17.4. The molecular formula is C24H22BrN3O4. The monoisotopic (exact) mass is 495 g/mol. The second kappa shape index (κ2) is 11.1. The fraction of sp³-hybridized carbons (Fsp3) is 0.125. The first-order valence-electron chi connectivity index (χ1n) is 9.93. The lowest BCUT2D eigenvalue weighted by atomic mass is 10.1. The van der Waals surface area contributed by atoms with E-state index < -0.39 is 11.8 Å². The summed E-state index contributed by atoms with van der Waals surface area (Å²) in [5.74, 6) is -0.601. The Hall–Kier alpha value is -3.65. The highest BCUT2D eigenvalue weighted by Crippen LogP contribution is 2.30. The van der Waals surface area contributed by atoms with Gasteiger partial charge in [0.15, 0.2) is 6.61 Å². The van der Waals surface area contributed by atoms with E-state index in [1.165, 1.54) is 0 Å². The number of ether oxygens (including phenoxy) is 1. The van der Waals surface area contributed by atoms with E-state index in [0.29, 0.717) is 27.9 Å². The summed E-state index contributed by atoms with van der Waals surface area (Å²) < 4.78 is 6.25. The van der Waals surface area contributed by atoms with Gasteiger partial charge in [-0.25, -0.2) is 0 Å². The van der Waals surface area contributed by atoms with Gasteiger partial charge in [-0.15, -0.1) is 0 Å². The summed E-state index contributed by atoms with van der Waals surface area (Å²) in [4.78, 5) is 35.6. The first-order chi connectivity index (χ1) is 15.5. The van der Waals surface area contributed by atoms with Crippen LogP contribution >= 0.6 is 15.9 Å². The number of hydrazine groups is 1. The number of carbonyl (C=O) groups excluding carboxylic acids is 3. The molecule has 8 heteroatoms. The Balaban J connectivity index is 1.48. The molecule has 0 fully saturated rings. The van der Waals surface area contributed by atoms with E-state index >= 15 is 0 Å². The van der Waals surface area contributed by atoms with E-state index in [9.17, 15) is 14.4 Å². The van der Waals surface area contributed by atoms with E-state index in [1.807, 2.05) is 42.5 Å². The van der Waals surface area contributed by atoms with Gasteiger partial charge in [0, 0.05) is 17.7 Å². The van der Waals surface area contributed by atoms with Crippen LogP contribution in [0.1, 0.15) is 23.7 Å². The van der Waals surface area contributed by atoms with Gasteiger partial charge in [0.25, 0.3) is 11.8 Å². The van der Waals surface area contributed by atoms with Crippen LogP contribution in [0.2, 0.25) is 0 Å². The highest BCUT2D eigenvalue weighted by Gasteiger charge is 2.10. The number of nitrogens with one attached hydrogen (secondary N) is 3. The first kappa shape index (κ1) is 23.0. The number of rotatable bonds is 7. The lowest BCUT2D eigenvalue weighted by Gasteiger charge is -2.11. The van der Waals surface area contributed by atoms with Crippen LogP contribution in [0.5, 0.6) is 5.75 Å². The van der Waals surface area contributed by atoms with E-state index in [-0.39, 0.29) is 12.5 Å². The molecule has 0 heterocycles. The number of benzene rings is 3. The van der Waals surface area contributed by atoms with Crippen LogP contribution in [0.15, 0.2) is 77.3 Å². The maximum absolute atomic E-state index is 12.2. The first-order valence-corrected chi connectivity index (χ1v) is 10.7. The molecular weight excluding hydrogens is 474 g/mol. The van der Waals surface area contributed by atoms with Crippen molar-refractivity contribution < 1.29 is 19.1 Å². The highest BCUT2D eigenvalue weighted by molar-refractivity contribution is 9.10. The molecule has 3 aromatic rings. The van der Waals surface area contributed by atoms with E-state index in [1.54, 1.807) is 37.3 Å². The van der Waals surface area contributed by atoms with Gasteiger partial charge in [0.1, 0.15) is 5.75 Å². The van der Waals surface area contributed by atoms with Crippen LogP contribution < -0.4 is 20.9 Å². The van der Waals surface area contributed by atoms with Crippen molar-refractivity contribution in [3.63, 3.8) is 0 Å². The van der Waals surface area contributed by atoms with Crippen molar-refractivity contribution >= 4 is 39.3 Å². The van der Waals surface area contributed by atoms with Crippen molar-refractivity contribution in [1.82, 2.24) is 10.9 Å². The Kier molecular flexibility index (Phi) is 7.99. The average Bonchev–Trinajstić information content (AvgIpc) is 2.82. The Morgan fingerprint density at radius 2 is 1.56 bits per heavy atom. The van der Waals surface area contributed by atoms with Crippen LogP contribution in [0.25, 0.3) is 11.1 Å². The number of carbonyl (C=O) groups is 3. The fourth-order valence-electron chi connectivity index (χ4n) is 2.76. The molecule has 0 radical (unpaired) electrons. The van der Waals surface area contributed by atoms with Gasteiger partial charge < -0.3 is 10.1 Å². The Morgan fingerprint density at radius 3 is 2.22 bits per heavy atom. The molecule has 3 amide bonds. The molecule has 0 aromatic heterocycles. The molecule has 0 saturated heterocycles. The second-order valence-corrected chi connectivity index (χ2v) is 7.64. The highest BCUT2D eigenvalue weighted by atomic mass is 79.9. The minimum absolute atomic E-state index is 0.115. The number of anilines is 1. The van der Waals surface area contributed by atoms with Crippen molar-refractivity contribution in [1.29, 1.82) is 0 Å². The summed E-state index contributed by atoms with van der Waals surface area (Å²) >= 11 is 3.46. The third-order valence-electron chi connectivity index (χ3n) is 4.47. The minimum Gasteiger partial charge on any atom is -0.483 e. The van der Waals surface area contributed by atoms with Crippen molar-refractivity contribution in [2.75, 3.05) is 11.9 Å². The van der Waals surface area contributed by atoms with Crippen molar-refractivity contribution in [2.24, 2.45) is 0 Å². The molecule has 0 unspecified atom stereocenters. The summed E-state index contributed by atoms with van der Waals surface area (Å²) in [6.45, 7) is 1.48. The Labute approximate surface area is 194 Å². The molecule has 164 valence electrons. The average molecular weight is 496 g/mol. The number of hydrogen-bond acceptors (Lipinski definition) is 4. The summed E-state index contributed by atoms with van der Waals surface area (Å²) in [5, 5.41) is 2.70. The third kappa shape index (κ3) is 6.42. The zero-order valence-corrected chi connectivity index (χ0v) is 18.9. The molecule has 32 heavy (non-hydrogen) atoms. The Bertz CT molecular complexity index is 1100. The molecule has 0 aliphatic carbocycles. The van der Waals surface area contributed by atoms with Gasteiger partial charge in [0.05, 0.1) is 4.47 Å². The van der Waals surface area contributed by atoms with Crippen molar-refractivity contribution in [3.8, 4) is 16.9 Å². The molecule has 0 atom stereocenters. The molecule has 3 aromatic carbocycles. The quantitative estimate of drug-likeness (QED) is 0.425. The Morgan fingerprint density at radius 1 is 0.844 bits per heavy atom. The predicted molar refractivity (Wildman–Crippen MR) is 126 cm³/mol. The molecule has 7 nitrogen and oxygen atoms in total. The lowest BCUT2D eigenvalue weighted by molar-refractivity contribution is -0.123. The maximum atomic E-state index is 12.2. The van der Waals surface area contributed by atoms with Crippen molar-refractivity contribution in [2.45, 2.75) is 13.3 Å². The molecule has 0 saturated carbocycles. The topological polar surface area (TPSA) is 96.5 Å². The van der Waals surface area contributed by atoms with Gasteiger partial charge >= 0.3 is 0 Å². The summed E-state index contributed by atoms with van der Waals surface area (Å²) in [6.07, 6.45) is 0.365. The smallest absolute Gasteiger partial charge is 0.276 e. The number of halogens is 1. The van der Waals surface area contributed by atoms with E-state index in [2.05, 4.69) is 32.1 Å². The summed E-state index contributed by atoms with van der Waals surface area (Å²) in [6, 6.07) is 21.8. The van der Waals surface area contributed by atoms with Crippen LogP contribution in [0.3, 0.4) is 0 Å². The van der Waals surface area contributed by atoms with Gasteiger partial charge in [-0.3, -0.25) is 25.2 Å². The van der Waals surface area contributed by atoms with Gasteiger partial charge in [-0.05, 0) is 63.5 Å². The molecule has 0 aliphatic heterocycles. The van der Waals surface area contributed by atoms with Crippen molar-refractivity contribution in [3.05, 3.63) is 82.8 Å². The largest absolute Gasteiger partial charge is 0.483 e. The number of hydrogen-bond donors (Lipinski definition) is 3. The molecule has 3 rings (SSSR count).